The standard InChI is InChI=1S/C15H21NO2/c1-10(2)12-5-3-4-11-6-15(9-16,7-13(11)12)8-14(17)18/h3-5,10H,6-9,16H2,1-2H3,(H,17,18). The number of hydrogen-bond acceptors (Lipinski definition) is 2. The van der Waals surface area contributed by atoms with E-state index < -0.39 is 5.97 Å². The number of hydrogen-bond donors (Lipinski definition) is 2. The van der Waals surface area contributed by atoms with Crippen molar-refractivity contribution in [3.8, 4) is 0 Å². The maximum atomic E-state index is 11.0. The zero-order valence-electron chi connectivity index (χ0n) is 11.1. The number of benzene rings is 1. The molecule has 0 radical (unpaired) electrons. The van der Waals surface area contributed by atoms with E-state index in [0.29, 0.717) is 12.5 Å². The van der Waals surface area contributed by atoms with Gasteiger partial charge in [0.05, 0.1) is 6.42 Å². The molecular formula is C15H21NO2. The average molecular weight is 247 g/mol. The van der Waals surface area contributed by atoms with Crippen molar-refractivity contribution in [2.45, 2.75) is 39.0 Å². The summed E-state index contributed by atoms with van der Waals surface area (Å²) in [6.45, 7) is 4.79. The molecule has 0 saturated carbocycles. The third-order valence-corrected chi connectivity index (χ3v) is 4.01. The van der Waals surface area contributed by atoms with Crippen molar-refractivity contribution in [2.24, 2.45) is 11.1 Å². The lowest BCUT2D eigenvalue weighted by Crippen LogP contribution is -2.33. The fourth-order valence-corrected chi connectivity index (χ4v) is 3.08. The van der Waals surface area contributed by atoms with Gasteiger partial charge in [0.25, 0.3) is 0 Å². The average Bonchev–Trinajstić information content (AvgIpc) is 2.65. The zero-order valence-corrected chi connectivity index (χ0v) is 11.1. The first-order chi connectivity index (χ1) is 8.47. The molecule has 0 aliphatic heterocycles. The number of nitrogens with two attached hydrogens (primary N) is 1. The van der Waals surface area contributed by atoms with Crippen molar-refractivity contribution in [2.75, 3.05) is 6.54 Å². The predicted octanol–water partition coefficient (Wildman–Crippen LogP) is 2.33. The van der Waals surface area contributed by atoms with Crippen LogP contribution in [-0.4, -0.2) is 17.6 Å². The Bertz CT molecular complexity index is 468. The van der Waals surface area contributed by atoms with Crippen LogP contribution in [0.3, 0.4) is 0 Å². The molecule has 1 aliphatic rings. The Hall–Kier alpha value is -1.35. The van der Waals surface area contributed by atoms with E-state index in [4.69, 9.17) is 10.8 Å². The molecule has 1 aromatic carbocycles. The normalized spacial score (nSPS) is 22.2. The lowest BCUT2D eigenvalue weighted by atomic mass is 9.81. The van der Waals surface area contributed by atoms with Crippen molar-refractivity contribution in [3.63, 3.8) is 0 Å². The molecule has 3 heteroatoms. The number of carboxylic acids is 1. The van der Waals surface area contributed by atoms with Gasteiger partial charge in [-0.05, 0) is 42.0 Å². The Balaban J connectivity index is 2.36. The molecule has 0 heterocycles. The summed E-state index contributed by atoms with van der Waals surface area (Å²) in [7, 11) is 0. The SMILES string of the molecule is CC(C)c1cccc2c1CC(CN)(CC(=O)O)C2. The summed E-state index contributed by atoms with van der Waals surface area (Å²) < 4.78 is 0. The number of carbonyl (C=O) groups is 1. The van der Waals surface area contributed by atoms with Gasteiger partial charge in [-0.15, -0.1) is 0 Å². The Kier molecular flexibility index (Phi) is 3.44. The molecule has 98 valence electrons. The number of rotatable bonds is 4. The molecule has 3 nitrogen and oxygen atoms in total. The van der Waals surface area contributed by atoms with Gasteiger partial charge in [0, 0.05) is 5.41 Å². The molecule has 1 aliphatic carbocycles. The third-order valence-electron chi connectivity index (χ3n) is 4.01. The van der Waals surface area contributed by atoms with Crippen LogP contribution in [0.5, 0.6) is 0 Å². The highest BCUT2D eigenvalue weighted by molar-refractivity contribution is 5.68. The van der Waals surface area contributed by atoms with E-state index in [0.717, 1.165) is 12.8 Å². The molecule has 0 bridgehead atoms. The molecule has 0 saturated heterocycles. The minimum Gasteiger partial charge on any atom is -0.481 e. The van der Waals surface area contributed by atoms with Crippen molar-refractivity contribution < 1.29 is 9.90 Å². The van der Waals surface area contributed by atoms with Gasteiger partial charge in [-0.2, -0.15) is 0 Å². The Morgan fingerprint density at radius 1 is 1.44 bits per heavy atom. The molecule has 1 aromatic rings. The highest BCUT2D eigenvalue weighted by atomic mass is 16.4. The van der Waals surface area contributed by atoms with Crippen LogP contribution in [0.4, 0.5) is 0 Å². The van der Waals surface area contributed by atoms with Gasteiger partial charge >= 0.3 is 5.97 Å². The van der Waals surface area contributed by atoms with Crippen molar-refractivity contribution in [3.05, 3.63) is 34.9 Å². The van der Waals surface area contributed by atoms with E-state index in [1.165, 1.54) is 16.7 Å². The van der Waals surface area contributed by atoms with Crippen molar-refractivity contribution >= 4 is 5.97 Å². The number of fused-ring (bicyclic) bond motifs is 1. The molecule has 0 fully saturated rings. The Morgan fingerprint density at radius 3 is 2.72 bits per heavy atom. The molecule has 0 aromatic heterocycles. The number of aliphatic carboxylic acids is 1. The van der Waals surface area contributed by atoms with Crippen LogP contribution in [0.25, 0.3) is 0 Å². The van der Waals surface area contributed by atoms with E-state index in [2.05, 4.69) is 32.0 Å². The summed E-state index contributed by atoms with van der Waals surface area (Å²) in [6.07, 6.45) is 1.76. The zero-order chi connectivity index (χ0) is 13.3. The number of carboxylic acid groups (broad SMARTS) is 1. The minimum absolute atomic E-state index is 0.162. The van der Waals surface area contributed by atoms with Crippen LogP contribution in [0.15, 0.2) is 18.2 Å². The van der Waals surface area contributed by atoms with Crippen LogP contribution in [0.2, 0.25) is 0 Å². The summed E-state index contributed by atoms with van der Waals surface area (Å²) in [5.74, 6) is -0.280. The monoisotopic (exact) mass is 247 g/mol. The lowest BCUT2D eigenvalue weighted by molar-refractivity contribution is -0.139. The summed E-state index contributed by atoms with van der Waals surface area (Å²) >= 11 is 0. The van der Waals surface area contributed by atoms with Crippen LogP contribution in [-0.2, 0) is 17.6 Å². The molecule has 1 unspecified atom stereocenters. The highest BCUT2D eigenvalue weighted by Gasteiger charge is 2.39. The van der Waals surface area contributed by atoms with Crippen molar-refractivity contribution in [1.82, 2.24) is 0 Å². The predicted molar refractivity (Wildman–Crippen MR) is 71.7 cm³/mol. The largest absolute Gasteiger partial charge is 0.481 e. The van der Waals surface area contributed by atoms with Crippen LogP contribution >= 0.6 is 0 Å². The lowest BCUT2D eigenvalue weighted by Gasteiger charge is -2.25. The smallest absolute Gasteiger partial charge is 0.303 e. The van der Waals surface area contributed by atoms with Crippen LogP contribution in [0, 0.1) is 5.41 Å². The second kappa shape index (κ2) is 4.73. The molecular weight excluding hydrogens is 226 g/mol. The summed E-state index contributed by atoms with van der Waals surface area (Å²) in [4.78, 5) is 11.0. The first-order valence-electron chi connectivity index (χ1n) is 6.50. The quantitative estimate of drug-likeness (QED) is 0.858. The second-order valence-electron chi connectivity index (χ2n) is 5.77. The van der Waals surface area contributed by atoms with Gasteiger partial charge in [-0.25, -0.2) is 0 Å². The maximum Gasteiger partial charge on any atom is 0.303 e. The topological polar surface area (TPSA) is 63.3 Å². The van der Waals surface area contributed by atoms with Gasteiger partial charge in [0.2, 0.25) is 0 Å². The molecule has 3 N–H and O–H groups in total. The molecule has 0 spiro atoms. The summed E-state index contributed by atoms with van der Waals surface area (Å²) in [6, 6.07) is 6.33. The first kappa shape index (κ1) is 13.1. The Morgan fingerprint density at radius 2 is 2.17 bits per heavy atom. The highest BCUT2D eigenvalue weighted by Crippen LogP contribution is 2.41. The molecule has 18 heavy (non-hydrogen) atoms. The van der Waals surface area contributed by atoms with Gasteiger partial charge in [-0.3, -0.25) is 4.79 Å². The first-order valence-corrected chi connectivity index (χ1v) is 6.50. The van der Waals surface area contributed by atoms with Gasteiger partial charge in [0.15, 0.2) is 0 Å². The van der Waals surface area contributed by atoms with Gasteiger partial charge < -0.3 is 10.8 Å². The fraction of sp³-hybridized carbons (Fsp3) is 0.533. The minimum atomic E-state index is -0.751. The molecule has 0 amide bonds. The van der Waals surface area contributed by atoms with Gasteiger partial charge in [0.1, 0.15) is 0 Å². The van der Waals surface area contributed by atoms with E-state index >= 15 is 0 Å². The summed E-state index contributed by atoms with van der Waals surface area (Å²) in [5.41, 5.74) is 9.54. The van der Waals surface area contributed by atoms with Crippen LogP contribution in [0.1, 0.15) is 42.9 Å². The van der Waals surface area contributed by atoms with E-state index in [9.17, 15) is 4.79 Å². The Labute approximate surface area is 108 Å². The third kappa shape index (κ3) is 2.27. The van der Waals surface area contributed by atoms with Gasteiger partial charge in [-0.1, -0.05) is 32.0 Å². The van der Waals surface area contributed by atoms with E-state index in [-0.39, 0.29) is 11.8 Å². The van der Waals surface area contributed by atoms with Crippen LogP contribution < -0.4 is 5.73 Å². The van der Waals surface area contributed by atoms with E-state index in [1.54, 1.807) is 0 Å². The molecule has 2 rings (SSSR count). The van der Waals surface area contributed by atoms with E-state index in [1.807, 2.05) is 0 Å². The molecule has 1 atom stereocenters. The second-order valence-corrected chi connectivity index (χ2v) is 5.77. The van der Waals surface area contributed by atoms with Crippen molar-refractivity contribution in [1.29, 1.82) is 0 Å². The fourth-order valence-electron chi connectivity index (χ4n) is 3.08. The maximum absolute atomic E-state index is 11.0. The summed E-state index contributed by atoms with van der Waals surface area (Å²) in [5, 5.41) is 9.07.